The first-order valence-corrected chi connectivity index (χ1v) is 6.22. The smallest absolute Gasteiger partial charge is 0.254 e. The van der Waals surface area contributed by atoms with Gasteiger partial charge in [0.1, 0.15) is 0 Å². The molecule has 0 aliphatic heterocycles. The van der Waals surface area contributed by atoms with Crippen LogP contribution in [0.15, 0.2) is 18.2 Å². The van der Waals surface area contributed by atoms with E-state index in [1.807, 2.05) is 43.9 Å². The molecular formula is C15H20N2O. The van der Waals surface area contributed by atoms with Crippen LogP contribution in [0.25, 0.3) is 0 Å². The Balaban J connectivity index is 3.11. The van der Waals surface area contributed by atoms with Crippen molar-refractivity contribution >= 4 is 5.91 Å². The Hall–Kier alpha value is -1.79. The van der Waals surface area contributed by atoms with E-state index < -0.39 is 0 Å². The molecule has 0 saturated carbocycles. The van der Waals surface area contributed by atoms with Crippen LogP contribution in [-0.2, 0) is 0 Å². The standard InChI is InChI=1S/C15H20N2O/c1-4-17(5-2)15(18)14-11-13(7-6-10-16)9-8-12(14)3/h8-9,11H,4-5,10,16H2,1-3H3. The lowest BCUT2D eigenvalue weighted by Gasteiger charge is -2.19. The Morgan fingerprint density at radius 3 is 2.56 bits per heavy atom. The van der Waals surface area contributed by atoms with E-state index in [-0.39, 0.29) is 5.91 Å². The predicted octanol–water partition coefficient (Wildman–Crippen LogP) is 1.79. The van der Waals surface area contributed by atoms with E-state index in [1.165, 1.54) is 0 Å². The van der Waals surface area contributed by atoms with Crippen LogP contribution in [-0.4, -0.2) is 30.4 Å². The number of carbonyl (C=O) groups excluding carboxylic acids is 1. The molecule has 0 heterocycles. The van der Waals surface area contributed by atoms with E-state index >= 15 is 0 Å². The molecule has 0 aliphatic rings. The van der Waals surface area contributed by atoms with Gasteiger partial charge in [0.15, 0.2) is 0 Å². The SMILES string of the molecule is CCN(CC)C(=O)c1cc(C#CCN)ccc1C. The lowest BCUT2D eigenvalue weighted by Crippen LogP contribution is -2.31. The molecular weight excluding hydrogens is 224 g/mol. The van der Waals surface area contributed by atoms with Crippen LogP contribution in [0, 0.1) is 18.8 Å². The summed E-state index contributed by atoms with van der Waals surface area (Å²) in [6, 6.07) is 5.69. The topological polar surface area (TPSA) is 46.3 Å². The monoisotopic (exact) mass is 244 g/mol. The van der Waals surface area contributed by atoms with Gasteiger partial charge in [0.05, 0.1) is 6.54 Å². The number of aryl methyl sites for hydroxylation is 1. The van der Waals surface area contributed by atoms with Crippen LogP contribution in [0.1, 0.15) is 35.3 Å². The summed E-state index contributed by atoms with van der Waals surface area (Å²) in [6.07, 6.45) is 0. The van der Waals surface area contributed by atoms with Gasteiger partial charge in [-0.3, -0.25) is 4.79 Å². The molecule has 3 heteroatoms. The third-order valence-electron chi connectivity index (χ3n) is 2.85. The first kappa shape index (κ1) is 14.3. The minimum atomic E-state index is 0.0638. The van der Waals surface area contributed by atoms with E-state index in [2.05, 4.69) is 11.8 Å². The second kappa shape index (κ2) is 6.83. The largest absolute Gasteiger partial charge is 0.339 e. The third kappa shape index (κ3) is 3.35. The molecule has 0 fully saturated rings. The molecule has 0 spiro atoms. The van der Waals surface area contributed by atoms with E-state index in [0.29, 0.717) is 19.6 Å². The fourth-order valence-corrected chi connectivity index (χ4v) is 1.76. The molecule has 0 unspecified atom stereocenters. The van der Waals surface area contributed by atoms with Gasteiger partial charge in [-0.25, -0.2) is 0 Å². The number of benzene rings is 1. The summed E-state index contributed by atoms with van der Waals surface area (Å²) in [5.74, 6) is 5.82. The van der Waals surface area contributed by atoms with Gasteiger partial charge < -0.3 is 10.6 Å². The summed E-state index contributed by atoms with van der Waals surface area (Å²) in [5.41, 5.74) is 7.88. The quantitative estimate of drug-likeness (QED) is 0.824. The maximum Gasteiger partial charge on any atom is 0.254 e. The molecule has 1 aromatic carbocycles. The summed E-state index contributed by atoms with van der Waals surface area (Å²) in [4.78, 5) is 14.1. The molecule has 1 amide bonds. The van der Waals surface area contributed by atoms with Gasteiger partial charge >= 0.3 is 0 Å². The lowest BCUT2D eigenvalue weighted by molar-refractivity contribution is 0.0772. The second-order valence-electron chi connectivity index (χ2n) is 4.01. The van der Waals surface area contributed by atoms with Crippen LogP contribution >= 0.6 is 0 Å². The predicted molar refractivity (Wildman–Crippen MR) is 74.4 cm³/mol. The van der Waals surface area contributed by atoms with Crippen LogP contribution in [0.5, 0.6) is 0 Å². The van der Waals surface area contributed by atoms with Crippen molar-refractivity contribution in [1.29, 1.82) is 0 Å². The van der Waals surface area contributed by atoms with Crippen molar-refractivity contribution in [2.24, 2.45) is 5.73 Å². The van der Waals surface area contributed by atoms with Crippen LogP contribution in [0.4, 0.5) is 0 Å². The Morgan fingerprint density at radius 1 is 1.33 bits per heavy atom. The molecule has 3 nitrogen and oxygen atoms in total. The van der Waals surface area contributed by atoms with Gasteiger partial charge in [0.25, 0.3) is 5.91 Å². The van der Waals surface area contributed by atoms with Gasteiger partial charge in [-0.05, 0) is 38.5 Å². The van der Waals surface area contributed by atoms with Crippen molar-refractivity contribution in [3.63, 3.8) is 0 Å². The highest BCUT2D eigenvalue weighted by Crippen LogP contribution is 2.13. The lowest BCUT2D eigenvalue weighted by atomic mass is 10.0. The number of nitrogens with zero attached hydrogens (tertiary/aromatic N) is 1. The molecule has 0 bridgehead atoms. The highest BCUT2D eigenvalue weighted by atomic mass is 16.2. The van der Waals surface area contributed by atoms with Crippen LogP contribution < -0.4 is 5.73 Å². The number of hydrogen-bond acceptors (Lipinski definition) is 2. The first-order valence-electron chi connectivity index (χ1n) is 6.22. The third-order valence-corrected chi connectivity index (χ3v) is 2.85. The van der Waals surface area contributed by atoms with E-state index in [1.54, 1.807) is 0 Å². The van der Waals surface area contributed by atoms with Gasteiger partial charge in [0.2, 0.25) is 0 Å². The molecule has 0 aromatic heterocycles. The highest BCUT2D eigenvalue weighted by molar-refractivity contribution is 5.96. The van der Waals surface area contributed by atoms with Crippen LogP contribution in [0.3, 0.4) is 0 Å². The molecule has 0 atom stereocenters. The minimum Gasteiger partial charge on any atom is -0.339 e. The average Bonchev–Trinajstić information content (AvgIpc) is 2.39. The molecule has 2 N–H and O–H groups in total. The number of carbonyl (C=O) groups is 1. The van der Waals surface area contributed by atoms with Crippen molar-refractivity contribution < 1.29 is 4.79 Å². The maximum atomic E-state index is 12.3. The molecule has 0 saturated heterocycles. The molecule has 96 valence electrons. The minimum absolute atomic E-state index is 0.0638. The van der Waals surface area contributed by atoms with Gasteiger partial charge in [-0.1, -0.05) is 17.9 Å². The summed E-state index contributed by atoms with van der Waals surface area (Å²) in [6.45, 7) is 7.66. The fraction of sp³-hybridized carbons (Fsp3) is 0.400. The molecule has 0 radical (unpaired) electrons. The zero-order valence-electron chi connectivity index (χ0n) is 11.3. The van der Waals surface area contributed by atoms with E-state index in [4.69, 9.17) is 5.73 Å². The van der Waals surface area contributed by atoms with Crippen LogP contribution in [0.2, 0.25) is 0 Å². The zero-order valence-corrected chi connectivity index (χ0v) is 11.3. The normalized spacial score (nSPS) is 9.56. The highest BCUT2D eigenvalue weighted by Gasteiger charge is 2.14. The molecule has 0 aliphatic carbocycles. The van der Waals surface area contributed by atoms with E-state index in [0.717, 1.165) is 16.7 Å². The molecule has 18 heavy (non-hydrogen) atoms. The number of amides is 1. The van der Waals surface area contributed by atoms with Crippen molar-refractivity contribution in [1.82, 2.24) is 4.90 Å². The Kier molecular flexibility index (Phi) is 5.41. The second-order valence-corrected chi connectivity index (χ2v) is 4.01. The molecule has 1 rings (SSSR count). The first-order chi connectivity index (χ1) is 8.63. The average molecular weight is 244 g/mol. The number of hydrogen-bond donors (Lipinski definition) is 1. The van der Waals surface area contributed by atoms with Gasteiger partial charge in [-0.15, -0.1) is 0 Å². The maximum absolute atomic E-state index is 12.3. The summed E-state index contributed by atoms with van der Waals surface area (Å²) in [5, 5.41) is 0. The van der Waals surface area contributed by atoms with Gasteiger partial charge in [0, 0.05) is 24.2 Å². The summed E-state index contributed by atoms with van der Waals surface area (Å²) < 4.78 is 0. The number of rotatable bonds is 3. The van der Waals surface area contributed by atoms with Crippen molar-refractivity contribution in [3.05, 3.63) is 34.9 Å². The summed E-state index contributed by atoms with van der Waals surface area (Å²) in [7, 11) is 0. The van der Waals surface area contributed by atoms with Crippen molar-refractivity contribution in [2.45, 2.75) is 20.8 Å². The van der Waals surface area contributed by atoms with Crippen molar-refractivity contribution in [2.75, 3.05) is 19.6 Å². The van der Waals surface area contributed by atoms with E-state index in [9.17, 15) is 4.79 Å². The fourth-order valence-electron chi connectivity index (χ4n) is 1.76. The molecule has 1 aromatic rings. The number of nitrogens with two attached hydrogens (primary N) is 1. The summed E-state index contributed by atoms with van der Waals surface area (Å²) >= 11 is 0. The Labute approximate surface area is 109 Å². The Morgan fingerprint density at radius 2 is 2.00 bits per heavy atom. The Bertz CT molecular complexity index is 479. The van der Waals surface area contributed by atoms with Crippen molar-refractivity contribution in [3.8, 4) is 11.8 Å². The van der Waals surface area contributed by atoms with Gasteiger partial charge in [-0.2, -0.15) is 0 Å². The zero-order chi connectivity index (χ0) is 13.5.